The van der Waals surface area contributed by atoms with Crippen LogP contribution in [0.15, 0.2) is 91.0 Å². The van der Waals surface area contributed by atoms with Crippen LogP contribution in [0.3, 0.4) is 0 Å². The van der Waals surface area contributed by atoms with Crippen molar-refractivity contribution in [2.24, 2.45) is 0 Å². The lowest BCUT2D eigenvalue weighted by Gasteiger charge is -2.43. The van der Waals surface area contributed by atoms with E-state index in [0.29, 0.717) is 5.56 Å². The van der Waals surface area contributed by atoms with E-state index < -0.39 is 48.6 Å². The second-order valence-electron chi connectivity index (χ2n) is 8.15. The number of methoxy groups -OCH3 is 1. The molecule has 36 heavy (non-hydrogen) atoms. The standard InChI is InChI=1S/C28H26O8/c1-18-22(34-25(29)19-12-6-3-7-13-19)23(35-26(30)20-14-8-4-9-15-20)24(28(32-2)33-18)36-27(31)21-16-10-5-11-17-21/h3-18,22-24,28H,1-2H3/t18-,22-,23+,24+,28+/m1/s1. The van der Waals surface area contributed by atoms with Crippen LogP contribution in [-0.4, -0.2) is 55.7 Å². The Morgan fingerprint density at radius 2 is 0.944 bits per heavy atom. The van der Waals surface area contributed by atoms with Gasteiger partial charge in [-0.2, -0.15) is 0 Å². The molecular formula is C28H26O8. The summed E-state index contributed by atoms with van der Waals surface area (Å²) < 4.78 is 28.6. The van der Waals surface area contributed by atoms with Crippen LogP contribution in [0.25, 0.3) is 0 Å². The van der Waals surface area contributed by atoms with Crippen LogP contribution in [0.1, 0.15) is 38.0 Å². The lowest BCUT2D eigenvalue weighted by molar-refractivity contribution is -0.283. The Kier molecular flexibility index (Phi) is 8.10. The molecule has 0 spiro atoms. The molecule has 1 aliphatic rings. The molecule has 0 aliphatic carbocycles. The fraction of sp³-hybridized carbons (Fsp3) is 0.250. The first kappa shape index (κ1) is 25.1. The zero-order valence-corrected chi connectivity index (χ0v) is 19.8. The number of carbonyl (C=O) groups is 3. The summed E-state index contributed by atoms with van der Waals surface area (Å²) in [6.07, 6.45) is -5.35. The lowest BCUT2D eigenvalue weighted by atomic mass is 9.98. The van der Waals surface area contributed by atoms with Crippen LogP contribution < -0.4 is 0 Å². The van der Waals surface area contributed by atoms with E-state index in [2.05, 4.69) is 0 Å². The van der Waals surface area contributed by atoms with Gasteiger partial charge in [-0.1, -0.05) is 54.6 Å². The fourth-order valence-electron chi connectivity index (χ4n) is 3.88. The Balaban J connectivity index is 1.66. The lowest BCUT2D eigenvalue weighted by Crippen LogP contribution is -2.61. The van der Waals surface area contributed by atoms with Gasteiger partial charge in [-0.15, -0.1) is 0 Å². The van der Waals surface area contributed by atoms with Gasteiger partial charge in [-0.3, -0.25) is 0 Å². The maximum atomic E-state index is 13.0. The molecule has 1 saturated heterocycles. The second-order valence-corrected chi connectivity index (χ2v) is 8.15. The van der Waals surface area contributed by atoms with Crippen molar-refractivity contribution in [3.05, 3.63) is 108 Å². The van der Waals surface area contributed by atoms with Crippen molar-refractivity contribution in [3.63, 3.8) is 0 Å². The molecule has 1 fully saturated rings. The molecule has 5 atom stereocenters. The van der Waals surface area contributed by atoms with Gasteiger partial charge in [-0.05, 0) is 43.3 Å². The Labute approximate surface area is 208 Å². The monoisotopic (exact) mass is 490 g/mol. The number of esters is 3. The van der Waals surface area contributed by atoms with Crippen LogP contribution in [0.2, 0.25) is 0 Å². The first-order chi connectivity index (χ1) is 17.5. The van der Waals surface area contributed by atoms with Gasteiger partial charge in [0.05, 0.1) is 22.8 Å². The molecule has 3 aromatic rings. The highest BCUT2D eigenvalue weighted by Crippen LogP contribution is 2.30. The first-order valence-electron chi connectivity index (χ1n) is 11.4. The molecule has 0 unspecified atom stereocenters. The third-order valence-electron chi connectivity index (χ3n) is 5.72. The van der Waals surface area contributed by atoms with E-state index in [1.54, 1.807) is 97.9 Å². The minimum atomic E-state index is -1.22. The summed E-state index contributed by atoms with van der Waals surface area (Å²) in [7, 11) is 1.38. The van der Waals surface area contributed by atoms with E-state index >= 15 is 0 Å². The van der Waals surface area contributed by atoms with Gasteiger partial charge < -0.3 is 23.7 Å². The van der Waals surface area contributed by atoms with Gasteiger partial charge in [-0.25, -0.2) is 14.4 Å². The quantitative estimate of drug-likeness (QED) is 0.361. The molecule has 8 heteroatoms. The molecule has 0 amide bonds. The molecule has 3 aromatic carbocycles. The van der Waals surface area contributed by atoms with E-state index in [1.165, 1.54) is 7.11 Å². The van der Waals surface area contributed by atoms with Crippen LogP contribution in [0.5, 0.6) is 0 Å². The zero-order chi connectivity index (χ0) is 25.5. The highest BCUT2D eigenvalue weighted by Gasteiger charge is 2.51. The Bertz CT molecular complexity index is 1170. The maximum Gasteiger partial charge on any atom is 0.338 e. The van der Waals surface area contributed by atoms with Crippen LogP contribution in [0.4, 0.5) is 0 Å². The number of ether oxygens (including phenoxy) is 5. The van der Waals surface area contributed by atoms with Crippen molar-refractivity contribution < 1.29 is 38.1 Å². The average Bonchev–Trinajstić information content (AvgIpc) is 2.93. The Morgan fingerprint density at radius 1 is 0.583 bits per heavy atom. The molecule has 1 heterocycles. The molecule has 4 rings (SSSR count). The third-order valence-corrected chi connectivity index (χ3v) is 5.72. The minimum absolute atomic E-state index is 0.284. The van der Waals surface area contributed by atoms with Gasteiger partial charge in [0.1, 0.15) is 0 Å². The summed E-state index contributed by atoms with van der Waals surface area (Å²) in [5, 5.41) is 0. The van der Waals surface area contributed by atoms with Gasteiger partial charge in [0, 0.05) is 7.11 Å². The zero-order valence-electron chi connectivity index (χ0n) is 19.8. The summed E-state index contributed by atoms with van der Waals surface area (Å²) in [6, 6.07) is 25.1. The SMILES string of the molecule is CO[C@H]1O[C@H](C)[C@@H](OC(=O)c2ccccc2)[C@H](OC(=O)c2ccccc2)[C@@H]1OC(=O)c1ccccc1. The van der Waals surface area contributed by atoms with Gasteiger partial charge in [0.15, 0.2) is 24.6 Å². The molecule has 0 aromatic heterocycles. The number of rotatable bonds is 7. The van der Waals surface area contributed by atoms with Crippen LogP contribution in [-0.2, 0) is 23.7 Å². The van der Waals surface area contributed by atoms with Gasteiger partial charge in [0.25, 0.3) is 0 Å². The predicted molar refractivity (Wildman–Crippen MR) is 128 cm³/mol. The van der Waals surface area contributed by atoms with Crippen molar-refractivity contribution >= 4 is 17.9 Å². The average molecular weight is 491 g/mol. The summed E-state index contributed by atoms with van der Waals surface area (Å²) in [6.45, 7) is 1.66. The summed E-state index contributed by atoms with van der Waals surface area (Å²) >= 11 is 0. The second kappa shape index (κ2) is 11.6. The number of benzene rings is 3. The highest BCUT2D eigenvalue weighted by atomic mass is 16.7. The summed E-state index contributed by atoms with van der Waals surface area (Å²) in [5.41, 5.74) is 0.883. The topological polar surface area (TPSA) is 97.4 Å². The summed E-state index contributed by atoms with van der Waals surface area (Å²) in [5.74, 6) is -1.98. The van der Waals surface area contributed by atoms with Gasteiger partial charge >= 0.3 is 17.9 Å². The molecule has 0 saturated carbocycles. The van der Waals surface area contributed by atoms with Crippen molar-refractivity contribution in [1.82, 2.24) is 0 Å². The van der Waals surface area contributed by atoms with Gasteiger partial charge in [0.2, 0.25) is 0 Å². The molecule has 0 radical (unpaired) electrons. The van der Waals surface area contributed by atoms with E-state index in [4.69, 9.17) is 23.7 Å². The third kappa shape index (κ3) is 5.79. The number of carbonyl (C=O) groups excluding carboxylic acids is 3. The fourth-order valence-corrected chi connectivity index (χ4v) is 3.88. The first-order valence-corrected chi connectivity index (χ1v) is 11.4. The summed E-state index contributed by atoms with van der Waals surface area (Å²) in [4.78, 5) is 38.9. The van der Waals surface area contributed by atoms with E-state index in [0.717, 1.165) is 0 Å². The van der Waals surface area contributed by atoms with E-state index in [1.807, 2.05) is 0 Å². The molecule has 1 aliphatic heterocycles. The highest BCUT2D eigenvalue weighted by molar-refractivity contribution is 5.91. The normalized spacial score (nSPS) is 23.3. The van der Waals surface area contributed by atoms with E-state index in [-0.39, 0.29) is 11.1 Å². The Hall–Kier alpha value is -4.01. The van der Waals surface area contributed by atoms with E-state index in [9.17, 15) is 14.4 Å². The number of hydrogen-bond donors (Lipinski definition) is 0. The predicted octanol–water partition coefficient (Wildman–Crippen LogP) is 4.05. The molecule has 0 bridgehead atoms. The maximum absolute atomic E-state index is 13.0. The van der Waals surface area contributed by atoms with Crippen molar-refractivity contribution in [1.29, 1.82) is 0 Å². The molecule has 0 N–H and O–H groups in total. The largest absolute Gasteiger partial charge is 0.452 e. The van der Waals surface area contributed by atoms with Crippen LogP contribution >= 0.6 is 0 Å². The Morgan fingerprint density at radius 3 is 1.33 bits per heavy atom. The molecule has 186 valence electrons. The molecular weight excluding hydrogens is 464 g/mol. The molecule has 8 nitrogen and oxygen atoms in total. The van der Waals surface area contributed by atoms with Crippen molar-refractivity contribution in [3.8, 4) is 0 Å². The van der Waals surface area contributed by atoms with Crippen molar-refractivity contribution in [2.75, 3.05) is 7.11 Å². The minimum Gasteiger partial charge on any atom is -0.452 e. The number of hydrogen-bond acceptors (Lipinski definition) is 8. The van der Waals surface area contributed by atoms with Crippen molar-refractivity contribution in [2.45, 2.75) is 37.6 Å². The van der Waals surface area contributed by atoms with Crippen LogP contribution in [0, 0.1) is 0 Å². The smallest absolute Gasteiger partial charge is 0.338 e.